The monoisotopic (exact) mass is 490 g/mol. The summed E-state index contributed by atoms with van der Waals surface area (Å²) in [4.78, 5) is 37.1. The highest BCUT2D eigenvalue weighted by Crippen LogP contribution is 2.28. The van der Waals surface area contributed by atoms with Gasteiger partial charge in [0.25, 0.3) is 5.91 Å². The van der Waals surface area contributed by atoms with Crippen LogP contribution in [0.2, 0.25) is 0 Å². The van der Waals surface area contributed by atoms with Crippen LogP contribution in [-0.2, 0) is 11.3 Å². The number of hydrogen-bond donors (Lipinski definition) is 1. The Labute approximate surface area is 211 Å². The quantitative estimate of drug-likeness (QED) is 0.338. The highest BCUT2D eigenvalue weighted by Gasteiger charge is 2.20. The number of hydrogen-bond acceptors (Lipinski definition) is 5. The van der Waals surface area contributed by atoms with Crippen molar-refractivity contribution in [2.45, 2.75) is 58.6 Å². The molecule has 0 unspecified atom stereocenters. The second-order valence-electron chi connectivity index (χ2n) is 10.5. The maximum absolute atomic E-state index is 12.8. The van der Waals surface area contributed by atoms with Crippen LogP contribution >= 0.6 is 0 Å². The largest absolute Gasteiger partial charge is 0.496 e. The smallest absolute Gasteiger partial charge is 0.338 e. The molecule has 1 amide bonds. The van der Waals surface area contributed by atoms with Gasteiger partial charge < -0.3 is 19.4 Å². The number of aldehydes is 1. The molecule has 4 rings (SSSR count). The van der Waals surface area contributed by atoms with E-state index >= 15 is 0 Å². The zero-order chi connectivity index (χ0) is 25.9. The number of aromatic nitrogens is 1. The molecule has 0 spiro atoms. The van der Waals surface area contributed by atoms with Crippen molar-refractivity contribution in [3.63, 3.8) is 0 Å². The van der Waals surface area contributed by atoms with E-state index in [4.69, 9.17) is 9.47 Å². The molecule has 1 aromatic heterocycles. The molecule has 1 fully saturated rings. The average Bonchev–Trinajstić information content (AvgIpc) is 3.49. The number of methoxy groups -OCH3 is 1. The van der Waals surface area contributed by atoms with Crippen molar-refractivity contribution in [1.82, 2.24) is 9.88 Å². The van der Waals surface area contributed by atoms with Gasteiger partial charge in [0.2, 0.25) is 0 Å². The summed E-state index contributed by atoms with van der Waals surface area (Å²) in [6, 6.07) is 10.6. The second-order valence-corrected chi connectivity index (χ2v) is 10.5. The molecule has 3 aromatic rings. The van der Waals surface area contributed by atoms with Crippen molar-refractivity contribution < 1.29 is 23.9 Å². The fourth-order valence-electron chi connectivity index (χ4n) is 4.76. The number of rotatable bonds is 8. The van der Waals surface area contributed by atoms with Crippen LogP contribution in [0.25, 0.3) is 10.9 Å². The molecule has 0 radical (unpaired) electrons. The lowest BCUT2D eigenvalue weighted by Gasteiger charge is -2.20. The van der Waals surface area contributed by atoms with E-state index < -0.39 is 11.6 Å². The Hall–Kier alpha value is -3.61. The van der Waals surface area contributed by atoms with Gasteiger partial charge in [0.1, 0.15) is 11.4 Å². The van der Waals surface area contributed by atoms with E-state index in [0.29, 0.717) is 41.4 Å². The molecule has 1 heterocycles. The average molecular weight is 491 g/mol. The summed E-state index contributed by atoms with van der Waals surface area (Å²) in [6.45, 7) is 6.55. The third-order valence-corrected chi connectivity index (χ3v) is 6.59. The fraction of sp³-hybridized carbons (Fsp3) is 0.414. The standard InChI is InChI=1S/C29H34N2O5/c1-29(2,3)36-28(34)21-9-10-22(26(14-21)35-4)16-31-17-23(18-32)24-12-11-20(13-25(24)31)27(33)30-15-19-7-5-6-8-19/h9-14,17-19H,5-8,15-16H2,1-4H3,(H,30,33). The topological polar surface area (TPSA) is 86.6 Å². The molecular formula is C29H34N2O5. The van der Waals surface area contributed by atoms with Crippen LogP contribution in [0.1, 0.15) is 83.1 Å². The molecule has 7 nitrogen and oxygen atoms in total. The van der Waals surface area contributed by atoms with E-state index in [0.717, 1.165) is 22.8 Å². The van der Waals surface area contributed by atoms with Gasteiger partial charge in [0.15, 0.2) is 6.29 Å². The maximum Gasteiger partial charge on any atom is 0.338 e. The van der Waals surface area contributed by atoms with E-state index in [1.807, 2.05) is 43.5 Å². The summed E-state index contributed by atoms with van der Waals surface area (Å²) in [5.41, 5.74) is 2.52. The van der Waals surface area contributed by atoms with Crippen LogP contribution < -0.4 is 10.1 Å². The third-order valence-electron chi connectivity index (χ3n) is 6.59. The summed E-state index contributed by atoms with van der Waals surface area (Å²) in [5, 5.41) is 3.84. The SMILES string of the molecule is COc1cc(C(=O)OC(C)(C)C)ccc1Cn1cc(C=O)c2ccc(C(=O)NCC3CCCC3)cc21. The van der Waals surface area contributed by atoms with Crippen molar-refractivity contribution >= 4 is 29.1 Å². The zero-order valence-electron chi connectivity index (χ0n) is 21.4. The van der Waals surface area contributed by atoms with Crippen LogP contribution in [0, 0.1) is 5.92 Å². The minimum Gasteiger partial charge on any atom is -0.496 e. The number of fused-ring (bicyclic) bond motifs is 1. The minimum absolute atomic E-state index is 0.108. The molecule has 0 bridgehead atoms. The molecule has 1 N–H and O–H groups in total. The second kappa shape index (κ2) is 10.6. The summed E-state index contributed by atoms with van der Waals surface area (Å²) in [6.07, 6.45) is 7.40. The van der Waals surface area contributed by atoms with Crippen LogP contribution in [0.4, 0.5) is 0 Å². The molecule has 1 aliphatic rings. The predicted molar refractivity (Wildman–Crippen MR) is 139 cm³/mol. The Bertz CT molecular complexity index is 1280. The normalized spacial score (nSPS) is 14.1. The Morgan fingerprint density at radius 3 is 2.47 bits per heavy atom. The molecule has 2 aromatic carbocycles. The molecule has 1 aliphatic carbocycles. The van der Waals surface area contributed by atoms with E-state index in [2.05, 4.69) is 5.32 Å². The van der Waals surface area contributed by atoms with Gasteiger partial charge in [-0.15, -0.1) is 0 Å². The highest BCUT2D eigenvalue weighted by molar-refractivity contribution is 6.02. The maximum atomic E-state index is 12.8. The van der Waals surface area contributed by atoms with Gasteiger partial charge in [-0.05, 0) is 63.8 Å². The summed E-state index contributed by atoms with van der Waals surface area (Å²) in [7, 11) is 1.55. The van der Waals surface area contributed by atoms with Gasteiger partial charge in [0, 0.05) is 40.3 Å². The molecule has 0 aliphatic heterocycles. The Kier molecular flexibility index (Phi) is 7.48. The Morgan fingerprint density at radius 1 is 1.08 bits per heavy atom. The lowest BCUT2D eigenvalue weighted by Crippen LogP contribution is -2.28. The first-order chi connectivity index (χ1) is 17.2. The van der Waals surface area contributed by atoms with E-state index in [1.165, 1.54) is 25.7 Å². The summed E-state index contributed by atoms with van der Waals surface area (Å²) < 4.78 is 13.0. The lowest BCUT2D eigenvalue weighted by atomic mass is 10.1. The van der Waals surface area contributed by atoms with Crippen molar-refractivity contribution in [3.8, 4) is 5.75 Å². The summed E-state index contributed by atoms with van der Waals surface area (Å²) >= 11 is 0. The minimum atomic E-state index is -0.598. The summed E-state index contributed by atoms with van der Waals surface area (Å²) in [5.74, 6) is 0.566. The van der Waals surface area contributed by atoms with Crippen molar-refractivity contribution in [1.29, 1.82) is 0 Å². The number of nitrogens with zero attached hydrogens (tertiary/aromatic N) is 1. The number of carbonyl (C=O) groups excluding carboxylic acids is 3. The van der Waals surface area contributed by atoms with Gasteiger partial charge in [-0.25, -0.2) is 4.79 Å². The molecule has 36 heavy (non-hydrogen) atoms. The predicted octanol–water partition coefficient (Wildman–Crippen LogP) is 5.39. The number of amides is 1. The van der Waals surface area contributed by atoms with Crippen molar-refractivity contribution in [2.75, 3.05) is 13.7 Å². The number of esters is 1. The van der Waals surface area contributed by atoms with Gasteiger partial charge in [-0.1, -0.05) is 25.0 Å². The third kappa shape index (κ3) is 5.78. The van der Waals surface area contributed by atoms with E-state index in [9.17, 15) is 14.4 Å². The van der Waals surface area contributed by atoms with E-state index in [1.54, 1.807) is 31.5 Å². The van der Waals surface area contributed by atoms with Crippen LogP contribution in [0.15, 0.2) is 42.6 Å². The first-order valence-electron chi connectivity index (χ1n) is 12.4. The molecule has 1 saturated carbocycles. The van der Waals surface area contributed by atoms with Crippen molar-refractivity contribution in [3.05, 3.63) is 64.8 Å². The molecule has 7 heteroatoms. The molecule has 0 saturated heterocycles. The molecule has 190 valence electrons. The number of nitrogens with one attached hydrogen (secondary N) is 1. The van der Waals surface area contributed by atoms with Gasteiger partial charge in [-0.3, -0.25) is 9.59 Å². The number of ether oxygens (including phenoxy) is 2. The lowest BCUT2D eigenvalue weighted by molar-refractivity contribution is 0.00689. The van der Waals surface area contributed by atoms with Gasteiger partial charge >= 0.3 is 5.97 Å². The number of benzene rings is 2. The van der Waals surface area contributed by atoms with Crippen LogP contribution in [0.5, 0.6) is 5.75 Å². The highest BCUT2D eigenvalue weighted by atomic mass is 16.6. The first-order valence-corrected chi connectivity index (χ1v) is 12.4. The number of carbonyl (C=O) groups is 3. The van der Waals surface area contributed by atoms with Crippen LogP contribution in [0.3, 0.4) is 0 Å². The zero-order valence-corrected chi connectivity index (χ0v) is 21.4. The van der Waals surface area contributed by atoms with Crippen LogP contribution in [-0.4, -0.2) is 42.0 Å². The van der Waals surface area contributed by atoms with Gasteiger partial charge in [-0.2, -0.15) is 0 Å². The molecular weight excluding hydrogens is 456 g/mol. The fourth-order valence-corrected chi connectivity index (χ4v) is 4.76. The van der Waals surface area contributed by atoms with Crippen molar-refractivity contribution in [2.24, 2.45) is 5.92 Å². The Balaban J connectivity index is 1.60. The first kappa shape index (κ1) is 25.5. The van der Waals surface area contributed by atoms with E-state index in [-0.39, 0.29) is 5.91 Å². The molecule has 0 atom stereocenters. The van der Waals surface area contributed by atoms with Gasteiger partial charge in [0.05, 0.1) is 19.2 Å². The Morgan fingerprint density at radius 2 is 1.81 bits per heavy atom.